The highest BCUT2D eigenvalue weighted by atomic mass is 35.5. The Labute approximate surface area is 110 Å². The van der Waals surface area contributed by atoms with Gasteiger partial charge < -0.3 is 9.78 Å². The van der Waals surface area contributed by atoms with E-state index in [4.69, 9.17) is 16.4 Å². The largest absolute Gasteiger partial charge is 0.583 e. The molecule has 1 aliphatic heterocycles. The molecule has 5 heteroatoms. The van der Waals surface area contributed by atoms with Crippen molar-refractivity contribution in [3.8, 4) is 11.1 Å². The molecule has 18 heavy (non-hydrogen) atoms. The van der Waals surface area contributed by atoms with Crippen LogP contribution in [0, 0.1) is 0 Å². The molecule has 2 aromatic rings. The summed E-state index contributed by atoms with van der Waals surface area (Å²) in [5.74, 6) is 0. The lowest BCUT2D eigenvalue weighted by atomic mass is 9.75. The Morgan fingerprint density at radius 1 is 1.17 bits per heavy atom. The first kappa shape index (κ1) is 11.3. The number of rotatable bonds is 1. The van der Waals surface area contributed by atoms with E-state index < -0.39 is 7.12 Å². The van der Waals surface area contributed by atoms with Crippen molar-refractivity contribution in [2.24, 2.45) is 5.16 Å². The standard InChI is InChI=1S/C13H9BClNO2/c15-13-4-2-1-3-11(13)9-5-6-12-10(7-9)8-16-18-14(12)17/h1-8,17H. The maximum Gasteiger partial charge on any atom is 0.583 e. The fourth-order valence-corrected chi connectivity index (χ4v) is 2.22. The van der Waals surface area contributed by atoms with Crippen LogP contribution in [-0.4, -0.2) is 18.4 Å². The summed E-state index contributed by atoms with van der Waals surface area (Å²) in [7, 11) is -0.995. The van der Waals surface area contributed by atoms with Crippen LogP contribution in [0.15, 0.2) is 47.6 Å². The van der Waals surface area contributed by atoms with Crippen molar-refractivity contribution in [3.63, 3.8) is 0 Å². The van der Waals surface area contributed by atoms with Crippen molar-refractivity contribution in [2.45, 2.75) is 0 Å². The van der Waals surface area contributed by atoms with Gasteiger partial charge in [0.25, 0.3) is 0 Å². The molecule has 0 fully saturated rings. The van der Waals surface area contributed by atoms with Crippen molar-refractivity contribution in [1.82, 2.24) is 0 Å². The van der Waals surface area contributed by atoms with Gasteiger partial charge in [0.1, 0.15) is 0 Å². The van der Waals surface area contributed by atoms with Crippen LogP contribution in [0.3, 0.4) is 0 Å². The smallest absolute Gasteiger partial charge is 0.427 e. The molecule has 0 radical (unpaired) electrons. The molecule has 3 rings (SSSR count). The molecule has 0 aromatic heterocycles. The molecular formula is C13H9BClNO2. The molecule has 88 valence electrons. The van der Waals surface area contributed by atoms with Crippen LogP contribution in [-0.2, 0) is 4.76 Å². The number of halogens is 1. The lowest BCUT2D eigenvalue weighted by Gasteiger charge is -2.14. The first-order valence-electron chi connectivity index (χ1n) is 5.52. The van der Waals surface area contributed by atoms with E-state index in [1.54, 1.807) is 6.21 Å². The molecule has 0 bridgehead atoms. The summed E-state index contributed by atoms with van der Waals surface area (Å²) in [5, 5.41) is 14.0. The van der Waals surface area contributed by atoms with Gasteiger partial charge in [-0.25, -0.2) is 0 Å². The van der Waals surface area contributed by atoms with Crippen LogP contribution in [0.4, 0.5) is 0 Å². The molecule has 0 saturated heterocycles. The highest BCUT2D eigenvalue weighted by molar-refractivity contribution is 6.62. The molecule has 0 spiro atoms. The van der Waals surface area contributed by atoms with Crippen LogP contribution in [0.2, 0.25) is 5.02 Å². The van der Waals surface area contributed by atoms with E-state index in [9.17, 15) is 5.02 Å². The van der Waals surface area contributed by atoms with Gasteiger partial charge in [0.15, 0.2) is 0 Å². The van der Waals surface area contributed by atoms with Crippen molar-refractivity contribution in [2.75, 3.05) is 0 Å². The summed E-state index contributed by atoms with van der Waals surface area (Å²) in [6, 6.07) is 13.3. The third-order valence-corrected chi connectivity index (χ3v) is 3.22. The SMILES string of the molecule is OB1ON=Cc2cc(-c3ccccc3Cl)ccc21. The molecule has 0 unspecified atom stereocenters. The molecule has 0 amide bonds. The van der Waals surface area contributed by atoms with E-state index in [0.717, 1.165) is 16.7 Å². The highest BCUT2D eigenvalue weighted by Gasteiger charge is 2.25. The van der Waals surface area contributed by atoms with E-state index in [0.29, 0.717) is 10.5 Å². The molecule has 0 aliphatic carbocycles. The molecule has 2 aromatic carbocycles. The number of hydrogen-bond donors (Lipinski definition) is 1. The van der Waals surface area contributed by atoms with Crippen LogP contribution in [0.25, 0.3) is 11.1 Å². The minimum Gasteiger partial charge on any atom is -0.427 e. The number of hydrogen-bond acceptors (Lipinski definition) is 3. The maximum atomic E-state index is 9.62. The number of fused-ring (bicyclic) bond motifs is 1. The summed E-state index contributed by atoms with van der Waals surface area (Å²) < 4.78 is 4.77. The number of oxime groups is 1. The number of benzene rings is 2. The lowest BCUT2D eigenvalue weighted by Crippen LogP contribution is -2.37. The van der Waals surface area contributed by atoms with Gasteiger partial charge in [0.05, 0.1) is 6.21 Å². The van der Waals surface area contributed by atoms with Gasteiger partial charge in [-0.1, -0.05) is 41.9 Å². The van der Waals surface area contributed by atoms with E-state index in [1.807, 2.05) is 42.5 Å². The summed E-state index contributed by atoms with van der Waals surface area (Å²) in [5.41, 5.74) is 3.49. The van der Waals surface area contributed by atoms with Gasteiger partial charge in [0, 0.05) is 16.0 Å². The monoisotopic (exact) mass is 257 g/mol. The van der Waals surface area contributed by atoms with Gasteiger partial charge >= 0.3 is 7.12 Å². The molecule has 0 atom stereocenters. The van der Waals surface area contributed by atoms with Crippen LogP contribution in [0.1, 0.15) is 5.56 Å². The molecule has 3 nitrogen and oxygen atoms in total. The van der Waals surface area contributed by atoms with Crippen molar-refractivity contribution >= 4 is 30.4 Å². The number of nitrogens with zero attached hydrogens (tertiary/aromatic N) is 1. The van der Waals surface area contributed by atoms with Crippen molar-refractivity contribution < 1.29 is 9.78 Å². The van der Waals surface area contributed by atoms with Crippen molar-refractivity contribution in [1.29, 1.82) is 0 Å². The minimum absolute atomic E-state index is 0.696. The Hall–Kier alpha value is -1.78. The predicted octanol–water partition coefficient (Wildman–Crippen LogP) is 2.06. The van der Waals surface area contributed by atoms with Crippen LogP contribution < -0.4 is 5.46 Å². The van der Waals surface area contributed by atoms with Crippen molar-refractivity contribution in [3.05, 3.63) is 53.1 Å². The summed E-state index contributed by atoms with van der Waals surface area (Å²) in [6.45, 7) is 0. The summed E-state index contributed by atoms with van der Waals surface area (Å²) >= 11 is 6.16. The third-order valence-electron chi connectivity index (χ3n) is 2.89. The van der Waals surface area contributed by atoms with E-state index in [-0.39, 0.29) is 0 Å². The molecule has 0 saturated carbocycles. The van der Waals surface area contributed by atoms with Gasteiger partial charge in [-0.15, -0.1) is 5.16 Å². The first-order valence-corrected chi connectivity index (χ1v) is 5.89. The zero-order valence-corrected chi connectivity index (χ0v) is 10.1. The Balaban J connectivity index is 2.12. The second-order valence-electron chi connectivity index (χ2n) is 4.02. The quantitative estimate of drug-likeness (QED) is 0.795. The Bertz CT molecular complexity index is 630. The van der Waals surface area contributed by atoms with Gasteiger partial charge in [0.2, 0.25) is 0 Å². The fourth-order valence-electron chi connectivity index (χ4n) is 1.98. The molecular weight excluding hydrogens is 248 g/mol. The van der Waals surface area contributed by atoms with Gasteiger partial charge in [-0.3, -0.25) is 0 Å². The lowest BCUT2D eigenvalue weighted by molar-refractivity contribution is 0.286. The zero-order valence-electron chi connectivity index (χ0n) is 9.38. The zero-order chi connectivity index (χ0) is 12.5. The van der Waals surface area contributed by atoms with Gasteiger partial charge in [-0.2, -0.15) is 0 Å². The van der Waals surface area contributed by atoms with Crippen LogP contribution in [0.5, 0.6) is 0 Å². The minimum atomic E-state index is -0.995. The van der Waals surface area contributed by atoms with E-state index in [2.05, 4.69) is 5.16 Å². The Morgan fingerprint density at radius 2 is 2.00 bits per heavy atom. The third kappa shape index (κ3) is 1.90. The second kappa shape index (κ2) is 4.48. The summed E-state index contributed by atoms with van der Waals surface area (Å²) in [4.78, 5) is 0. The topological polar surface area (TPSA) is 41.8 Å². The predicted molar refractivity (Wildman–Crippen MR) is 73.2 cm³/mol. The average molecular weight is 257 g/mol. The molecule has 1 heterocycles. The summed E-state index contributed by atoms with van der Waals surface area (Å²) in [6.07, 6.45) is 1.59. The van der Waals surface area contributed by atoms with E-state index in [1.165, 1.54) is 0 Å². The highest BCUT2D eigenvalue weighted by Crippen LogP contribution is 2.27. The molecule has 1 N–H and O–H groups in total. The molecule has 1 aliphatic rings. The maximum absolute atomic E-state index is 9.62. The van der Waals surface area contributed by atoms with E-state index >= 15 is 0 Å². The van der Waals surface area contributed by atoms with Gasteiger partial charge in [-0.05, 0) is 23.3 Å². The Morgan fingerprint density at radius 3 is 2.83 bits per heavy atom. The first-order chi connectivity index (χ1) is 8.75. The fraction of sp³-hybridized carbons (Fsp3) is 0. The Kier molecular flexibility index (Phi) is 2.82. The van der Waals surface area contributed by atoms with Crippen LogP contribution >= 0.6 is 11.6 Å². The average Bonchev–Trinajstić information content (AvgIpc) is 2.39. The second-order valence-corrected chi connectivity index (χ2v) is 4.42. The normalized spacial score (nSPS) is 13.1.